The Bertz CT molecular complexity index is 365. The molecule has 1 aliphatic rings. The zero-order chi connectivity index (χ0) is 10.7. The van der Waals surface area contributed by atoms with E-state index in [9.17, 15) is 4.79 Å². The first-order valence-electron chi connectivity index (χ1n) is 4.94. The molecule has 1 aromatic rings. The summed E-state index contributed by atoms with van der Waals surface area (Å²) < 4.78 is 5.50. The van der Waals surface area contributed by atoms with Crippen molar-refractivity contribution in [1.29, 1.82) is 0 Å². The third-order valence-corrected chi connectivity index (χ3v) is 2.42. The van der Waals surface area contributed by atoms with E-state index in [0.717, 1.165) is 11.3 Å². The van der Waals surface area contributed by atoms with Crippen LogP contribution in [0, 0.1) is 0 Å². The molecule has 4 nitrogen and oxygen atoms in total. The average molecular weight is 207 g/mol. The molecule has 4 heteroatoms. The standard InChI is InChI=1S/C11H13NO3/c13-11(14)7-9-8-3-1-2-4-10(8)15-6-5-12-9/h1-4,9,12H,5-7H2,(H,13,14). The van der Waals surface area contributed by atoms with Crippen LogP contribution < -0.4 is 10.1 Å². The first kappa shape index (κ1) is 9.98. The molecule has 80 valence electrons. The first-order valence-corrected chi connectivity index (χ1v) is 4.94. The highest BCUT2D eigenvalue weighted by atomic mass is 16.5. The summed E-state index contributed by atoms with van der Waals surface area (Å²) >= 11 is 0. The molecule has 1 heterocycles. The lowest BCUT2D eigenvalue weighted by Crippen LogP contribution is -2.24. The van der Waals surface area contributed by atoms with Crippen molar-refractivity contribution in [1.82, 2.24) is 5.32 Å². The molecule has 1 aromatic carbocycles. The molecule has 0 spiro atoms. The van der Waals surface area contributed by atoms with Gasteiger partial charge in [0.15, 0.2) is 0 Å². The number of carbonyl (C=O) groups is 1. The molecule has 0 radical (unpaired) electrons. The number of carboxylic acid groups (broad SMARTS) is 1. The molecule has 0 saturated heterocycles. The van der Waals surface area contributed by atoms with Crippen LogP contribution in [0.2, 0.25) is 0 Å². The number of carboxylic acids is 1. The van der Waals surface area contributed by atoms with Crippen molar-refractivity contribution >= 4 is 5.97 Å². The average Bonchev–Trinajstić information content (AvgIpc) is 2.41. The Labute approximate surface area is 87.9 Å². The van der Waals surface area contributed by atoms with E-state index < -0.39 is 5.97 Å². The number of fused-ring (bicyclic) bond motifs is 1. The van der Waals surface area contributed by atoms with Gasteiger partial charge in [-0.1, -0.05) is 18.2 Å². The summed E-state index contributed by atoms with van der Waals surface area (Å²) in [6.07, 6.45) is 0.0837. The number of hydrogen-bond acceptors (Lipinski definition) is 3. The summed E-state index contributed by atoms with van der Waals surface area (Å²) in [6, 6.07) is 7.41. The molecule has 0 bridgehead atoms. The van der Waals surface area contributed by atoms with E-state index in [0.29, 0.717) is 13.2 Å². The molecule has 0 aromatic heterocycles. The number of nitrogens with one attached hydrogen (secondary N) is 1. The molecular weight excluding hydrogens is 194 g/mol. The highest BCUT2D eigenvalue weighted by Gasteiger charge is 2.20. The highest BCUT2D eigenvalue weighted by molar-refractivity contribution is 5.68. The Morgan fingerprint density at radius 2 is 2.33 bits per heavy atom. The molecule has 1 aliphatic heterocycles. The fourth-order valence-electron chi connectivity index (χ4n) is 1.76. The lowest BCUT2D eigenvalue weighted by Gasteiger charge is -2.14. The smallest absolute Gasteiger partial charge is 0.305 e. The lowest BCUT2D eigenvalue weighted by molar-refractivity contribution is -0.137. The predicted molar refractivity (Wildman–Crippen MR) is 54.9 cm³/mol. The normalized spacial score (nSPS) is 19.9. The van der Waals surface area contributed by atoms with E-state index in [2.05, 4.69) is 5.32 Å². The van der Waals surface area contributed by atoms with Gasteiger partial charge in [-0.2, -0.15) is 0 Å². The van der Waals surface area contributed by atoms with Crippen molar-refractivity contribution in [3.8, 4) is 5.75 Å². The van der Waals surface area contributed by atoms with Gasteiger partial charge in [-0.3, -0.25) is 4.79 Å². The molecule has 15 heavy (non-hydrogen) atoms. The van der Waals surface area contributed by atoms with Crippen LogP contribution in [0.4, 0.5) is 0 Å². The van der Waals surface area contributed by atoms with Gasteiger partial charge in [-0.15, -0.1) is 0 Å². The summed E-state index contributed by atoms with van der Waals surface area (Å²) in [4.78, 5) is 10.7. The molecule has 0 amide bonds. The maximum Gasteiger partial charge on any atom is 0.305 e. The van der Waals surface area contributed by atoms with Gasteiger partial charge in [0, 0.05) is 18.2 Å². The van der Waals surface area contributed by atoms with Gasteiger partial charge in [0.2, 0.25) is 0 Å². The SMILES string of the molecule is O=C(O)CC1NCCOc2ccccc21. The van der Waals surface area contributed by atoms with Crippen LogP contribution in [0.1, 0.15) is 18.0 Å². The lowest BCUT2D eigenvalue weighted by atomic mass is 10.0. The maximum absolute atomic E-state index is 10.7. The minimum absolute atomic E-state index is 0.0837. The van der Waals surface area contributed by atoms with E-state index in [-0.39, 0.29) is 12.5 Å². The Morgan fingerprint density at radius 1 is 1.53 bits per heavy atom. The van der Waals surface area contributed by atoms with Crippen molar-refractivity contribution < 1.29 is 14.6 Å². The van der Waals surface area contributed by atoms with Crippen LogP contribution in [0.5, 0.6) is 5.75 Å². The topological polar surface area (TPSA) is 58.6 Å². The summed E-state index contributed by atoms with van der Waals surface area (Å²) in [6.45, 7) is 1.25. The molecule has 0 fully saturated rings. The van der Waals surface area contributed by atoms with Gasteiger partial charge >= 0.3 is 5.97 Å². The Morgan fingerprint density at radius 3 is 3.13 bits per heavy atom. The van der Waals surface area contributed by atoms with Gasteiger partial charge < -0.3 is 15.2 Å². The summed E-state index contributed by atoms with van der Waals surface area (Å²) in [5.41, 5.74) is 0.928. The summed E-state index contributed by atoms with van der Waals surface area (Å²) in [7, 11) is 0. The highest BCUT2D eigenvalue weighted by Crippen LogP contribution is 2.28. The number of para-hydroxylation sites is 1. The minimum atomic E-state index is -0.802. The second-order valence-corrected chi connectivity index (χ2v) is 3.49. The Kier molecular flexibility index (Phi) is 2.87. The first-order chi connectivity index (χ1) is 7.27. The zero-order valence-corrected chi connectivity index (χ0v) is 8.27. The van der Waals surface area contributed by atoms with Gasteiger partial charge in [0.25, 0.3) is 0 Å². The largest absolute Gasteiger partial charge is 0.492 e. The van der Waals surface area contributed by atoms with Crippen molar-refractivity contribution in [2.24, 2.45) is 0 Å². The molecular formula is C11H13NO3. The molecule has 2 rings (SSSR count). The molecule has 0 saturated carbocycles. The van der Waals surface area contributed by atoms with Crippen LogP contribution in [0.15, 0.2) is 24.3 Å². The quantitative estimate of drug-likeness (QED) is 0.764. The van der Waals surface area contributed by atoms with E-state index >= 15 is 0 Å². The maximum atomic E-state index is 10.7. The number of ether oxygens (including phenoxy) is 1. The third-order valence-electron chi connectivity index (χ3n) is 2.42. The fourth-order valence-corrected chi connectivity index (χ4v) is 1.76. The second-order valence-electron chi connectivity index (χ2n) is 3.49. The van der Waals surface area contributed by atoms with Crippen molar-refractivity contribution in [3.63, 3.8) is 0 Å². The van der Waals surface area contributed by atoms with Gasteiger partial charge in [-0.05, 0) is 6.07 Å². The monoisotopic (exact) mass is 207 g/mol. The van der Waals surface area contributed by atoms with Gasteiger partial charge in [0.05, 0.1) is 6.42 Å². The minimum Gasteiger partial charge on any atom is -0.492 e. The molecule has 1 unspecified atom stereocenters. The van der Waals surface area contributed by atoms with Crippen LogP contribution >= 0.6 is 0 Å². The van der Waals surface area contributed by atoms with Crippen molar-refractivity contribution in [2.75, 3.05) is 13.2 Å². The van der Waals surface area contributed by atoms with E-state index in [4.69, 9.17) is 9.84 Å². The second kappa shape index (κ2) is 4.31. The predicted octanol–water partition coefficient (Wildman–Crippen LogP) is 1.18. The van der Waals surface area contributed by atoms with Crippen LogP contribution in [-0.2, 0) is 4.79 Å². The number of aliphatic carboxylic acids is 1. The molecule has 1 atom stereocenters. The van der Waals surface area contributed by atoms with Crippen LogP contribution in [0.3, 0.4) is 0 Å². The Hall–Kier alpha value is -1.55. The Balaban J connectivity index is 2.28. The van der Waals surface area contributed by atoms with E-state index in [1.165, 1.54) is 0 Å². The number of hydrogen-bond donors (Lipinski definition) is 2. The van der Waals surface area contributed by atoms with Crippen molar-refractivity contribution in [2.45, 2.75) is 12.5 Å². The van der Waals surface area contributed by atoms with Crippen LogP contribution in [0.25, 0.3) is 0 Å². The van der Waals surface area contributed by atoms with Gasteiger partial charge in [-0.25, -0.2) is 0 Å². The fraction of sp³-hybridized carbons (Fsp3) is 0.364. The van der Waals surface area contributed by atoms with E-state index in [1.807, 2.05) is 24.3 Å². The van der Waals surface area contributed by atoms with Gasteiger partial charge in [0.1, 0.15) is 12.4 Å². The van der Waals surface area contributed by atoms with Crippen LogP contribution in [-0.4, -0.2) is 24.2 Å². The summed E-state index contributed by atoms with van der Waals surface area (Å²) in [5, 5.41) is 12.0. The van der Waals surface area contributed by atoms with Crippen molar-refractivity contribution in [3.05, 3.63) is 29.8 Å². The number of benzene rings is 1. The summed E-state index contributed by atoms with van der Waals surface area (Å²) in [5.74, 6) is -0.0158. The number of rotatable bonds is 2. The molecule has 2 N–H and O–H groups in total. The molecule has 0 aliphatic carbocycles. The van der Waals surface area contributed by atoms with E-state index in [1.54, 1.807) is 0 Å². The zero-order valence-electron chi connectivity index (χ0n) is 8.27. The third kappa shape index (κ3) is 2.27.